The molecule has 0 aromatic heterocycles. The lowest BCUT2D eigenvalue weighted by atomic mass is 10.0. The fourth-order valence-electron chi connectivity index (χ4n) is 1.47. The highest BCUT2D eigenvalue weighted by atomic mass is 24.5. The van der Waals surface area contributed by atoms with Crippen LogP contribution in [0.2, 0.25) is 4.55 Å². The van der Waals surface area contributed by atoms with E-state index in [9.17, 15) is 0 Å². The summed E-state index contributed by atoms with van der Waals surface area (Å²) in [4.78, 5) is 0. The zero-order valence-corrected chi connectivity index (χ0v) is 10.4. The van der Waals surface area contributed by atoms with Gasteiger partial charge in [-0.05, 0) is 0 Å². The van der Waals surface area contributed by atoms with Gasteiger partial charge in [0, 0.05) is 0 Å². The highest BCUT2D eigenvalue weighted by Crippen LogP contribution is 2.18. The van der Waals surface area contributed by atoms with Gasteiger partial charge in [-0.3, -0.25) is 0 Å². The molecule has 1 aromatic rings. The molecular weight excluding hydrogens is 168 g/mol. The fraction of sp³-hybridized carbons (Fsp3) is 0.500. The van der Waals surface area contributed by atoms with Crippen molar-refractivity contribution in [3.05, 3.63) is 35.9 Å². The van der Waals surface area contributed by atoms with E-state index in [4.69, 9.17) is 0 Å². The lowest BCUT2D eigenvalue weighted by Crippen LogP contribution is -2.10. The molecule has 0 saturated carbocycles. The molecule has 0 radical (unpaired) electrons. The third-order valence-corrected chi connectivity index (χ3v) is 5.02. The van der Waals surface area contributed by atoms with Gasteiger partial charge in [0.2, 0.25) is 0 Å². The Morgan fingerprint density at radius 2 is 1.69 bits per heavy atom. The fourth-order valence-corrected chi connectivity index (χ4v) is 3.45. The average Bonchev–Trinajstić information content (AvgIpc) is 2.04. The first-order valence-electron chi connectivity index (χ1n) is 5.12. The van der Waals surface area contributed by atoms with Crippen molar-refractivity contribution >= 4 is 20.4 Å². The summed E-state index contributed by atoms with van der Waals surface area (Å²) in [6.07, 6.45) is 0. The van der Waals surface area contributed by atoms with Crippen LogP contribution in [0, 0.1) is 5.41 Å². The van der Waals surface area contributed by atoms with Crippen LogP contribution < -0.4 is 0 Å². The van der Waals surface area contributed by atoms with Crippen LogP contribution in [-0.2, 0) is 4.55 Å². The van der Waals surface area contributed by atoms with Gasteiger partial charge in [-0.25, -0.2) is 0 Å². The van der Waals surface area contributed by atoms with Crippen LogP contribution in [0.15, 0.2) is 30.3 Å². The maximum absolute atomic E-state index is 2.34. The number of rotatable bonds is 3. The molecule has 0 N–H and O–H groups in total. The Morgan fingerprint density at radius 3 is 2.23 bits per heavy atom. The largest absolute Gasteiger partial charge is 0.371 e. The quantitative estimate of drug-likeness (QED) is 0.635. The van der Waals surface area contributed by atoms with E-state index in [1.807, 2.05) is 0 Å². The van der Waals surface area contributed by atoms with Crippen LogP contribution in [0.4, 0.5) is 0 Å². The zero-order chi connectivity index (χ0) is 9.73. The van der Waals surface area contributed by atoms with Gasteiger partial charge in [-0.2, -0.15) is 0 Å². The third kappa shape index (κ3) is 5.32. The Bertz CT molecular complexity index is 233. The smallest absolute Gasteiger partial charge is 0.141 e. The summed E-state index contributed by atoms with van der Waals surface area (Å²) >= 11 is 0.109. The second-order valence-corrected chi connectivity index (χ2v) is 6.61. The molecule has 0 atom stereocenters. The number of benzene rings is 1. The molecule has 0 fully saturated rings. The molecule has 0 heterocycles. The predicted octanol–water partition coefficient (Wildman–Crippen LogP) is 3.36. The average molecular weight is 187 g/mol. The lowest BCUT2D eigenvalue weighted by Gasteiger charge is -2.17. The van der Waals surface area contributed by atoms with Crippen molar-refractivity contribution in [1.82, 2.24) is 0 Å². The van der Waals surface area contributed by atoms with E-state index in [1.54, 1.807) is 0 Å². The van der Waals surface area contributed by atoms with Crippen molar-refractivity contribution in [2.75, 3.05) is 0 Å². The van der Waals surface area contributed by atoms with Gasteiger partial charge in [0.05, 0.1) is 0 Å². The third-order valence-electron chi connectivity index (χ3n) is 2.24. The molecule has 1 rings (SSSR count). The summed E-state index contributed by atoms with van der Waals surface area (Å²) in [5.41, 5.74) is 2.07. The predicted molar refractivity (Wildman–Crippen MR) is 60.2 cm³/mol. The van der Waals surface area contributed by atoms with E-state index in [0.29, 0.717) is 5.41 Å². The van der Waals surface area contributed by atoms with Crippen molar-refractivity contribution in [2.24, 2.45) is 5.41 Å². The summed E-state index contributed by atoms with van der Waals surface area (Å²) in [5, 5.41) is 0. The molecule has 68 valence electrons. The van der Waals surface area contributed by atoms with Crippen LogP contribution in [0.1, 0.15) is 26.3 Å². The van der Waals surface area contributed by atoms with E-state index in [1.165, 1.54) is 14.7 Å². The molecule has 0 nitrogen and oxygen atoms in total. The van der Waals surface area contributed by atoms with Crippen LogP contribution >= 0.6 is 0 Å². The first-order valence-corrected chi connectivity index (χ1v) is 7.12. The minimum absolute atomic E-state index is 0.109. The maximum Gasteiger partial charge on any atom is 0.371 e. The summed E-state index contributed by atoms with van der Waals surface area (Å²) < 4.78 is 2.81. The Kier molecular flexibility index (Phi) is 4.27. The van der Waals surface area contributed by atoms with Gasteiger partial charge < -0.3 is 0 Å². The molecule has 0 amide bonds. The molecule has 0 saturated heterocycles. The van der Waals surface area contributed by atoms with Crippen molar-refractivity contribution in [3.8, 4) is 0 Å². The van der Waals surface area contributed by atoms with Crippen LogP contribution in [0.25, 0.3) is 0 Å². The Hall–Kier alpha value is -0.0138. The first-order chi connectivity index (χ1) is 6.08. The molecule has 0 aliphatic rings. The SMILES string of the molecule is CC(C)(C)[CH2][Mg][CH2]c1ccccc1. The number of hydrogen-bond acceptors (Lipinski definition) is 0. The summed E-state index contributed by atoms with van der Waals surface area (Å²) in [6, 6.07) is 10.9. The van der Waals surface area contributed by atoms with E-state index in [-0.39, 0.29) is 20.4 Å². The van der Waals surface area contributed by atoms with Crippen LogP contribution in [-0.4, -0.2) is 20.4 Å². The summed E-state index contributed by atoms with van der Waals surface area (Å²) in [7, 11) is 0. The highest BCUT2D eigenvalue weighted by Gasteiger charge is 2.10. The molecular formula is C12H18Mg. The highest BCUT2D eigenvalue weighted by molar-refractivity contribution is 6.35. The van der Waals surface area contributed by atoms with E-state index >= 15 is 0 Å². The van der Waals surface area contributed by atoms with Crippen molar-refractivity contribution in [1.29, 1.82) is 0 Å². The van der Waals surface area contributed by atoms with E-state index in [2.05, 4.69) is 51.1 Å². The second-order valence-electron chi connectivity index (χ2n) is 4.90. The van der Waals surface area contributed by atoms with E-state index < -0.39 is 0 Å². The van der Waals surface area contributed by atoms with Crippen molar-refractivity contribution in [2.45, 2.75) is 29.9 Å². The second kappa shape index (κ2) is 5.01. The lowest BCUT2D eigenvalue weighted by molar-refractivity contribution is 0.466. The zero-order valence-electron chi connectivity index (χ0n) is 9.01. The minimum Gasteiger partial charge on any atom is -0.141 e. The standard InChI is InChI=1S/C7H7.C5H11.Mg/c1-7-5-3-2-4-6-7;1-5(2,3)4;/h2-6H,1H2;1H2,2-4H3;. The van der Waals surface area contributed by atoms with Gasteiger partial charge in [0.25, 0.3) is 0 Å². The van der Waals surface area contributed by atoms with Gasteiger partial charge in [-0.15, -0.1) is 9.10 Å². The summed E-state index contributed by atoms with van der Waals surface area (Å²) in [6.45, 7) is 7.01. The molecule has 1 heteroatoms. The van der Waals surface area contributed by atoms with Crippen molar-refractivity contribution in [3.63, 3.8) is 0 Å². The first kappa shape index (κ1) is 11.1. The monoisotopic (exact) mass is 186 g/mol. The Morgan fingerprint density at radius 1 is 1.08 bits per heavy atom. The van der Waals surface area contributed by atoms with Crippen LogP contribution in [0.5, 0.6) is 0 Å². The van der Waals surface area contributed by atoms with Gasteiger partial charge in [0.15, 0.2) is 0 Å². The normalized spacial score (nSPS) is 11.0. The Balaban J connectivity index is 2.29. The molecule has 0 unspecified atom stereocenters. The molecule has 0 aliphatic heterocycles. The van der Waals surface area contributed by atoms with Crippen molar-refractivity contribution < 1.29 is 0 Å². The molecule has 1 aromatic carbocycles. The van der Waals surface area contributed by atoms with Gasteiger partial charge >= 0.3 is 20.4 Å². The molecule has 0 bridgehead atoms. The van der Waals surface area contributed by atoms with Crippen LogP contribution in [0.3, 0.4) is 0 Å². The maximum atomic E-state index is 2.34. The molecule has 13 heavy (non-hydrogen) atoms. The summed E-state index contributed by atoms with van der Waals surface area (Å²) in [5.74, 6) is 0. The van der Waals surface area contributed by atoms with Gasteiger partial charge in [-0.1, -0.05) is 62.1 Å². The molecule has 0 aliphatic carbocycles. The minimum atomic E-state index is 0.109. The van der Waals surface area contributed by atoms with E-state index in [0.717, 1.165) is 0 Å². The molecule has 0 spiro atoms. The van der Waals surface area contributed by atoms with Gasteiger partial charge in [0.1, 0.15) is 0 Å². The Labute approximate surface area is 91.5 Å². The topological polar surface area (TPSA) is 0 Å². The number of hydrogen-bond donors (Lipinski definition) is 0.